The van der Waals surface area contributed by atoms with Gasteiger partial charge in [0.1, 0.15) is 30.7 Å². The third-order valence-corrected chi connectivity index (χ3v) is 8.38. The van der Waals surface area contributed by atoms with Gasteiger partial charge in [-0.2, -0.15) is 0 Å². The molecule has 2 amide bonds. The van der Waals surface area contributed by atoms with Crippen LogP contribution in [0.1, 0.15) is 79.9 Å². The van der Waals surface area contributed by atoms with Crippen LogP contribution < -0.4 is 15.5 Å². The molecule has 304 valence electrons. The van der Waals surface area contributed by atoms with E-state index in [0.29, 0.717) is 17.9 Å². The SMILES string of the molecule is CCC(=O)OC[C@H]1O[C@@H](ONC(=O)c2ccc(OCCNC(=O)c3oc4ccccc4c3CN(C)C)cc2)[C@H](OC(=O)CC)[C@@H](OC(=O)CC)[C@H]1OC(=O)CC. The Hall–Kier alpha value is -5.52. The molecule has 1 aliphatic heterocycles. The van der Waals surface area contributed by atoms with Gasteiger partial charge in [-0.05, 0) is 44.4 Å². The van der Waals surface area contributed by atoms with Crippen molar-refractivity contribution in [3.63, 3.8) is 0 Å². The molecule has 1 saturated heterocycles. The summed E-state index contributed by atoms with van der Waals surface area (Å²) in [5.74, 6) is -3.19. The van der Waals surface area contributed by atoms with Crippen molar-refractivity contribution in [1.82, 2.24) is 15.7 Å². The summed E-state index contributed by atoms with van der Waals surface area (Å²) < 4.78 is 39.6. The van der Waals surface area contributed by atoms with Crippen LogP contribution in [-0.2, 0) is 54.2 Å². The van der Waals surface area contributed by atoms with Crippen LogP contribution in [-0.4, -0.2) is 105 Å². The Morgan fingerprint density at radius 1 is 0.732 bits per heavy atom. The van der Waals surface area contributed by atoms with Gasteiger partial charge in [-0.15, -0.1) is 0 Å². The summed E-state index contributed by atoms with van der Waals surface area (Å²) in [5.41, 5.74) is 3.80. The number of hydrogen-bond donors (Lipinski definition) is 2. The minimum atomic E-state index is -1.61. The Labute approximate surface area is 324 Å². The lowest BCUT2D eigenvalue weighted by Crippen LogP contribution is -2.63. The second kappa shape index (κ2) is 21.0. The van der Waals surface area contributed by atoms with Gasteiger partial charge in [-0.25, -0.2) is 10.3 Å². The van der Waals surface area contributed by atoms with Crippen LogP contribution in [0.4, 0.5) is 0 Å². The van der Waals surface area contributed by atoms with Gasteiger partial charge in [0.15, 0.2) is 24.1 Å². The first kappa shape index (κ1) is 43.2. The molecule has 5 atom stereocenters. The van der Waals surface area contributed by atoms with Crippen molar-refractivity contribution in [2.24, 2.45) is 0 Å². The molecule has 0 aliphatic carbocycles. The number of nitrogens with zero attached hydrogens (tertiary/aromatic N) is 1. The lowest BCUT2D eigenvalue weighted by molar-refractivity contribution is -0.317. The van der Waals surface area contributed by atoms with Crippen molar-refractivity contribution < 1.29 is 66.4 Å². The van der Waals surface area contributed by atoms with E-state index in [1.165, 1.54) is 26.0 Å². The summed E-state index contributed by atoms with van der Waals surface area (Å²) in [7, 11) is 3.82. The summed E-state index contributed by atoms with van der Waals surface area (Å²) in [4.78, 5) is 83.3. The van der Waals surface area contributed by atoms with Crippen LogP contribution in [0, 0.1) is 0 Å². The highest BCUT2D eigenvalue weighted by molar-refractivity contribution is 5.99. The Morgan fingerprint density at radius 3 is 1.96 bits per heavy atom. The Morgan fingerprint density at radius 2 is 1.34 bits per heavy atom. The van der Waals surface area contributed by atoms with E-state index in [1.54, 1.807) is 26.0 Å². The highest BCUT2D eigenvalue weighted by atomic mass is 16.8. The van der Waals surface area contributed by atoms with E-state index in [-0.39, 0.29) is 56.1 Å². The molecular weight excluding hydrogens is 734 g/mol. The normalized spacial score (nSPS) is 19.2. The monoisotopic (exact) mass is 783 g/mol. The van der Waals surface area contributed by atoms with E-state index in [9.17, 15) is 28.8 Å². The van der Waals surface area contributed by atoms with Crippen LogP contribution >= 0.6 is 0 Å². The first-order valence-corrected chi connectivity index (χ1v) is 18.4. The summed E-state index contributed by atoms with van der Waals surface area (Å²) >= 11 is 0. The molecule has 4 rings (SSSR count). The highest BCUT2D eigenvalue weighted by Crippen LogP contribution is 2.31. The van der Waals surface area contributed by atoms with Gasteiger partial charge in [0.05, 0.1) is 6.54 Å². The third kappa shape index (κ3) is 11.7. The fraction of sp³-hybridized carbons (Fsp3) is 0.487. The molecule has 0 unspecified atom stereocenters. The number of benzene rings is 2. The van der Waals surface area contributed by atoms with Crippen molar-refractivity contribution in [3.05, 3.63) is 65.4 Å². The van der Waals surface area contributed by atoms with E-state index in [4.69, 9.17) is 37.7 Å². The molecule has 0 saturated carbocycles. The molecule has 1 aromatic heterocycles. The first-order valence-electron chi connectivity index (χ1n) is 18.4. The van der Waals surface area contributed by atoms with Crippen LogP contribution in [0.5, 0.6) is 5.75 Å². The minimum absolute atomic E-state index is 0.0368. The largest absolute Gasteiger partial charge is 0.492 e. The lowest BCUT2D eigenvalue weighted by Gasteiger charge is -2.43. The van der Waals surface area contributed by atoms with E-state index in [1.807, 2.05) is 43.3 Å². The average Bonchev–Trinajstić information content (AvgIpc) is 3.56. The van der Waals surface area contributed by atoms with E-state index < -0.39 is 67.1 Å². The third-order valence-electron chi connectivity index (χ3n) is 8.38. The van der Waals surface area contributed by atoms with Gasteiger partial charge >= 0.3 is 23.9 Å². The van der Waals surface area contributed by atoms with Crippen LogP contribution in [0.2, 0.25) is 0 Å². The highest BCUT2D eigenvalue weighted by Gasteiger charge is 2.53. The maximum Gasteiger partial charge on any atom is 0.306 e. The summed E-state index contributed by atoms with van der Waals surface area (Å²) in [5, 5.41) is 3.68. The number of ether oxygens (including phenoxy) is 6. The van der Waals surface area contributed by atoms with E-state index >= 15 is 0 Å². The number of amides is 2. The molecule has 56 heavy (non-hydrogen) atoms. The predicted octanol–water partition coefficient (Wildman–Crippen LogP) is 3.61. The van der Waals surface area contributed by atoms with Gasteiger partial charge < -0.3 is 43.1 Å². The average molecular weight is 784 g/mol. The topological polar surface area (TPSA) is 207 Å². The van der Waals surface area contributed by atoms with Gasteiger partial charge in [-0.1, -0.05) is 45.9 Å². The van der Waals surface area contributed by atoms with Gasteiger partial charge in [0.25, 0.3) is 11.8 Å². The van der Waals surface area contributed by atoms with Crippen molar-refractivity contribution in [2.45, 2.75) is 90.6 Å². The number of para-hydroxylation sites is 1. The Bertz CT molecular complexity index is 1820. The summed E-state index contributed by atoms with van der Waals surface area (Å²) in [6.45, 7) is 6.56. The zero-order chi connectivity index (χ0) is 40.8. The quantitative estimate of drug-likeness (QED) is 0.0771. The predicted molar refractivity (Wildman–Crippen MR) is 197 cm³/mol. The van der Waals surface area contributed by atoms with E-state index in [0.717, 1.165) is 10.9 Å². The summed E-state index contributed by atoms with van der Waals surface area (Å²) in [6.07, 6.45) is -7.40. The number of hydrogen-bond acceptors (Lipinski definition) is 15. The zero-order valence-corrected chi connectivity index (χ0v) is 32.3. The smallest absolute Gasteiger partial charge is 0.306 e. The number of nitrogens with one attached hydrogen (secondary N) is 2. The second-order valence-corrected chi connectivity index (χ2v) is 12.8. The van der Waals surface area contributed by atoms with Gasteiger partial charge in [-0.3, -0.25) is 28.8 Å². The van der Waals surface area contributed by atoms with Gasteiger partial charge in [0, 0.05) is 48.7 Å². The zero-order valence-electron chi connectivity index (χ0n) is 32.3. The standard InChI is InChI=1S/C39H49N3O14/c1-7-29(43)50-22-28-34(53-30(44)8-2)35(54-31(45)9-3)36(55-32(46)10-4)39(52-28)56-41-37(47)23-15-17-24(18-16-23)49-20-19-40-38(48)33-26(21-42(5)6)25-13-11-12-14-27(25)51-33/h11-18,28,34-36,39H,7-10,19-22H2,1-6H3,(H,40,48)(H,41,47)/t28-,34+,35+,36-,39+/m1/s1. The molecule has 1 fully saturated rings. The number of rotatable bonds is 19. The van der Waals surface area contributed by atoms with Crippen molar-refractivity contribution in [2.75, 3.05) is 33.9 Å². The van der Waals surface area contributed by atoms with Crippen LogP contribution in [0.15, 0.2) is 52.9 Å². The number of furan rings is 1. The minimum Gasteiger partial charge on any atom is -0.492 e. The summed E-state index contributed by atoms with van der Waals surface area (Å²) in [6, 6.07) is 13.5. The number of carbonyl (C=O) groups is 6. The second-order valence-electron chi connectivity index (χ2n) is 12.8. The number of carbonyl (C=O) groups excluding carboxylic acids is 6. The van der Waals surface area contributed by atoms with Crippen molar-refractivity contribution in [1.29, 1.82) is 0 Å². The molecule has 0 radical (unpaired) electrons. The number of esters is 4. The fourth-order valence-electron chi connectivity index (χ4n) is 5.53. The van der Waals surface area contributed by atoms with E-state index in [2.05, 4.69) is 10.8 Å². The van der Waals surface area contributed by atoms with Crippen molar-refractivity contribution in [3.8, 4) is 5.75 Å². The molecule has 1 aliphatic rings. The van der Waals surface area contributed by atoms with Crippen LogP contribution in [0.3, 0.4) is 0 Å². The number of fused-ring (bicyclic) bond motifs is 1. The molecule has 17 nitrogen and oxygen atoms in total. The molecule has 2 heterocycles. The molecule has 0 bridgehead atoms. The van der Waals surface area contributed by atoms with Gasteiger partial charge in [0.2, 0.25) is 6.29 Å². The van der Waals surface area contributed by atoms with Crippen LogP contribution in [0.25, 0.3) is 11.0 Å². The molecular formula is C39H49N3O14. The molecule has 0 spiro atoms. The molecule has 3 aromatic rings. The lowest BCUT2D eigenvalue weighted by atomic mass is 9.98. The Balaban J connectivity index is 1.41. The first-order chi connectivity index (χ1) is 26.9. The maximum atomic E-state index is 13.2. The molecule has 2 aromatic carbocycles. The fourth-order valence-corrected chi connectivity index (χ4v) is 5.53. The molecule has 17 heteroatoms. The number of hydroxylamine groups is 1. The maximum absolute atomic E-state index is 13.2. The Kier molecular flexibility index (Phi) is 16.2. The molecule has 2 N–H and O–H groups in total. The van der Waals surface area contributed by atoms with Crippen molar-refractivity contribution >= 4 is 46.7 Å².